The first-order valence-corrected chi connectivity index (χ1v) is 10.8. The Balaban J connectivity index is 1.56. The number of amides is 2. The van der Waals surface area contributed by atoms with Gasteiger partial charge in [-0.3, -0.25) is 9.59 Å². The quantitative estimate of drug-likeness (QED) is 0.605. The van der Waals surface area contributed by atoms with E-state index in [4.69, 9.17) is 0 Å². The lowest BCUT2D eigenvalue weighted by Gasteiger charge is -2.41. The van der Waals surface area contributed by atoms with Crippen LogP contribution in [0.5, 0.6) is 0 Å². The van der Waals surface area contributed by atoms with Crippen molar-refractivity contribution in [3.05, 3.63) is 95.7 Å². The molecular weight excluding hydrogens is 400 g/mol. The number of rotatable bonds is 6. The Kier molecular flexibility index (Phi) is 6.50. The van der Waals surface area contributed by atoms with Crippen molar-refractivity contribution < 1.29 is 9.59 Å². The lowest BCUT2D eigenvalue weighted by atomic mass is 10.0. The van der Waals surface area contributed by atoms with Gasteiger partial charge in [0.25, 0.3) is 5.91 Å². The molecule has 3 aromatic rings. The minimum Gasteiger partial charge on any atom is -0.363 e. The molecule has 2 heterocycles. The Morgan fingerprint density at radius 1 is 0.969 bits per heavy atom. The first-order chi connectivity index (χ1) is 15.5. The van der Waals surface area contributed by atoms with Crippen LogP contribution in [0.3, 0.4) is 0 Å². The molecule has 0 unspecified atom stereocenters. The molecule has 6 heteroatoms. The number of carbonyl (C=O) groups is 2. The fourth-order valence-corrected chi connectivity index (χ4v) is 4.05. The molecule has 1 atom stereocenters. The van der Waals surface area contributed by atoms with E-state index in [2.05, 4.69) is 17.1 Å². The predicted molar refractivity (Wildman–Crippen MR) is 125 cm³/mol. The van der Waals surface area contributed by atoms with Gasteiger partial charge in [0, 0.05) is 33.4 Å². The Morgan fingerprint density at radius 3 is 2.22 bits per heavy atom. The fourth-order valence-electron chi connectivity index (χ4n) is 4.05. The summed E-state index contributed by atoms with van der Waals surface area (Å²) in [6, 6.07) is 23.6. The summed E-state index contributed by atoms with van der Waals surface area (Å²) in [4.78, 5) is 36.2. The van der Waals surface area contributed by atoms with E-state index in [0.29, 0.717) is 25.1 Å². The number of aromatic nitrogens is 1. The molecule has 0 saturated carbocycles. The van der Waals surface area contributed by atoms with Crippen molar-refractivity contribution in [3.8, 4) is 0 Å². The number of nitrogens with zero attached hydrogens (tertiary/aromatic N) is 4. The highest BCUT2D eigenvalue weighted by Gasteiger charge is 2.35. The topological polar surface area (TPSA) is 56.8 Å². The molecule has 0 spiro atoms. The van der Waals surface area contributed by atoms with Crippen LogP contribution < -0.4 is 4.90 Å². The Labute approximate surface area is 189 Å². The van der Waals surface area contributed by atoms with Gasteiger partial charge in [-0.25, -0.2) is 4.98 Å². The van der Waals surface area contributed by atoms with Crippen molar-refractivity contribution in [1.29, 1.82) is 0 Å². The molecule has 1 saturated heterocycles. The van der Waals surface area contributed by atoms with Crippen LogP contribution in [0.2, 0.25) is 0 Å². The van der Waals surface area contributed by atoms with Gasteiger partial charge in [0.1, 0.15) is 12.4 Å². The molecule has 4 rings (SSSR count). The normalized spacial score (nSPS) is 16.2. The molecule has 0 radical (unpaired) electrons. The first-order valence-electron chi connectivity index (χ1n) is 10.8. The second-order valence-corrected chi connectivity index (χ2v) is 8.34. The number of piperazine rings is 1. The second kappa shape index (κ2) is 9.64. The van der Waals surface area contributed by atoms with Gasteiger partial charge >= 0.3 is 0 Å². The van der Waals surface area contributed by atoms with E-state index in [1.165, 1.54) is 0 Å². The number of benzene rings is 2. The minimum absolute atomic E-state index is 0.0349. The molecule has 0 N–H and O–H groups in total. The van der Waals surface area contributed by atoms with Crippen LogP contribution in [0.15, 0.2) is 79.0 Å². The summed E-state index contributed by atoms with van der Waals surface area (Å²) < 4.78 is 0. The van der Waals surface area contributed by atoms with Crippen molar-refractivity contribution in [2.75, 3.05) is 32.1 Å². The molecule has 6 nitrogen and oxygen atoms in total. The Morgan fingerprint density at radius 2 is 1.62 bits per heavy atom. The van der Waals surface area contributed by atoms with Gasteiger partial charge in [-0.05, 0) is 29.7 Å². The van der Waals surface area contributed by atoms with Crippen LogP contribution in [-0.4, -0.2) is 59.8 Å². The molecule has 1 aromatic heterocycles. The van der Waals surface area contributed by atoms with E-state index in [1.54, 1.807) is 17.2 Å². The molecule has 1 fully saturated rings. The first kappa shape index (κ1) is 21.6. The van der Waals surface area contributed by atoms with E-state index < -0.39 is 0 Å². The van der Waals surface area contributed by atoms with Crippen LogP contribution in [0.25, 0.3) is 0 Å². The van der Waals surface area contributed by atoms with Crippen LogP contribution in [0.1, 0.15) is 21.5 Å². The molecule has 32 heavy (non-hydrogen) atoms. The lowest BCUT2D eigenvalue weighted by Crippen LogP contribution is -2.58. The molecule has 0 aliphatic carbocycles. The lowest BCUT2D eigenvalue weighted by molar-refractivity contribution is -0.139. The van der Waals surface area contributed by atoms with Crippen molar-refractivity contribution in [1.82, 2.24) is 14.8 Å². The second-order valence-electron chi connectivity index (χ2n) is 8.34. The zero-order valence-electron chi connectivity index (χ0n) is 18.5. The molecule has 164 valence electrons. The number of hydrogen-bond acceptors (Lipinski definition) is 4. The van der Waals surface area contributed by atoms with E-state index >= 15 is 0 Å². The van der Waals surface area contributed by atoms with Crippen molar-refractivity contribution in [2.24, 2.45) is 0 Å². The van der Waals surface area contributed by atoms with E-state index in [1.807, 2.05) is 78.5 Å². The summed E-state index contributed by atoms with van der Waals surface area (Å²) >= 11 is 0. The van der Waals surface area contributed by atoms with Crippen LogP contribution in [0.4, 0.5) is 5.82 Å². The summed E-state index contributed by atoms with van der Waals surface area (Å²) in [5.41, 5.74) is 2.73. The van der Waals surface area contributed by atoms with E-state index in [-0.39, 0.29) is 24.4 Å². The van der Waals surface area contributed by atoms with Gasteiger partial charge in [0.15, 0.2) is 0 Å². The zero-order chi connectivity index (χ0) is 22.5. The summed E-state index contributed by atoms with van der Waals surface area (Å²) in [7, 11) is 3.81. The fraction of sp³-hybridized carbons (Fsp3) is 0.269. The monoisotopic (exact) mass is 428 g/mol. The number of hydrogen-bond donors (Lipinski definition) is 0. The third-order valence-corrected chi connectivity index (χ3v) is 5.77. The number of anilines is 1. The van der Waals surface area contributed by atoms with Crippen LogP contribution >= 0.6 is 0 Å². The standard InChI is InChI=1S/C26H28N4O2/c1-28(2)24-14-13-22(16-27-24)26(32)29-18-23(15-20-9-5-3-6-10-20)30(25(31)19-29)17-21-11-7-4-8-12-21/h3-14,16,23H,15,17-19H2,1-2H3/t23-/m0/s1. The molecule has 2 aromatic carbocycles. The van der Waals surface area contributed by atoms with Gasteiger partial charge in [-0.15, -0.1) is 0 Å². The van der Waals surface area contributed by atoms with E-state index in [0.717, 1.165) is 16.9 Å². The van der Waals surface area contributed by atoms with Crippen molar-refractivity contribution in [3.63, 3.8) is 0 Å². The predicted octanol–water partition coefficient (Wildman–Crippen LogP) is 3.24. The van der Waals surface area contributed by atoms with Crippen molar-refractivity contribution >= 4 is 17.6 Å². The Bertz CT molecular complexity index is 1050. The summed E-state index contributed by atoms with van der Waals surface area (Å²) in [5, 5.41) is 0. The highest BCUT2D eigenvalue weighted by Crippen LogP contribution is 2.21. The highest BCUT2D eigenvalue weighted by atomic mass is 16.2. The summed E-state index contributed by atoms with van der Waals surface area (Å²) in [6.07, 6.45) is 2.28. The maximum Gasteiger partial charge on any atom is 0.255 e. The SMILES string of the molecule is CN(C)c1ccc(C(=O)N2CC(=O)N(Cc3ccccc3)[C@@H](Cc3ccccc3)C2)cn1. The third-order valence-electron chi connectivity index (χ3n) is 5.77. The smallest absolute Gasteiger partial charge is 0.255 e. The molecule has 2 amide bonds. The van der Waals surface area contributed by atoms with E-state index in [9.17, 15) is 9.59 Å². The van der Waals surface area contributed by atoms with Gasteiger partial charge in [-0.2, -0.15) is 0 Å². The zero-order valence-corrected chi connectivity index (χ0v) is 18.5. The maximum absolute atomic E-state index is 13.2. The molecule has 0 bridgehead atoms. The molecule has 1 aliphatic rings. The number of carbonyl (C=O) groups excluding carboxylic acids is 2. The molecule has 1 aliphatic heterocycles. The van der Waals surface area contributed by atoms with Crippen molar-refractivity contribution in [2.45, 2.75) is 19.0 Å². The highest BCUT2D eigenvalue weighted by molar-refractivity contribution is 5.97. The summed E-state index contributed by atoms with van der Waals surface area (Å²) in [5.74, 6) is 0.591. The number of pyridine rings is 1. The maximum atomic E-state index is 13.2. The van der Waals surface area contributed by atoms with Gasteiger partial charge < -0.3 is 14.7 Å². The average molecular weight is 429 g/mol. The average Bonchev–Trinajstić information content (AvgIpc) is 2.82. The molecular formula is C26H28N4O2. The minimum atomic E-state index is -0.159. The third kappa shape index (κ3) is 4.97. The summed E-state index contributed by atoms with van der Waals surface area (Å²) in [6.45, 7) is 1.10. The van der Waals surface area contributed by atoms with Crippen LogP contribution in [-0.2, 0) is 17.8 Å². The van der Waals surface area contributed by atoms with Gasteiger partial charge in [-0.1, -0.05) is 60.7 Å². The van der Waals surface area contributed by atoms with Crippen LogP contribution in [0, 0.1) is 0 Å². The van der Waals surface area contributed by atoms with Gasteiger partial charge in [0.2, 0.25) is 5.91 Å². The largest absolute Gasteiger partial charge is 0.363 e. The Hall–Kier alpha value is -3.67. The van der Waals surface area contributed by atoms with Gasteiger partial charge in [0.05, 0.1) is 11.6 Å².